The number of ether oxygens (including phenoxy) is 1. The number of rotatable bonds is 16. The maximum absolute atomic E-state index is 11.9. The normalized spacial score (nSPS) is 11.1. The average Bonchev–Trinajstić information content (AvgIpc) is 2.71. The Bertz CT molecular complexity index is 610. The number of para-hydroxylation sites is 1. The van der Waals surface area contributed by atoms with E-state index < -0.39 is 11.9 Å². The Balaban J connectivity index is 1.94. The molecule has 0 amide bonds. The van der Waals surface area contributed by atoms with Gasteiger partial charge in [-0.25, -0.2) is 4.79 Å². The van der Waals surface area contributed by atoms with Gasteiger partial charge in [-0.1, -0.05) is 82.6 Å². The predicted molar refractivity (Wildman–Crippen MR) is 121 cm³/mol. The SMILES string of the molecule is CCCCCCCCC=CCCCCCCCC(=O)OC(=O)c1ccccc1N. The van der Waals surface area contributed by atoms with Gasteiger partial charge in [0.1, 0.15) is 0 Å². The first-order valence-electron chi connectivity index (χ1n) is 11.4. The van der Waals surface area contributed by atoms with Gasteiger partial charge < -0.3 is 10.5 Å². The van der Waals surface area contributed by atoms with E-state index in [2.05, 4.69) is 19.1 Å². The molecule has 0 saturated heterocycles. The molecule has 1 rings (SSSR count). The van der Waals surface area contributed by atoms with Crippen molar-refractivity contribution in [1.29, 1.82) is 0 Å². The maximum Gasteiger partial charge on any atom is 0.347 e. The zero-order valence-electron chi connectivity index (χ0n) is 18.2. The summed E-state index contributed by atoms with van der Waals surface area (Å²) in [5.41, 5.74) is 6.28. The summed E-state index contributed by atoms with van der Waals surface area (Å²) < 4.78 is 4.87. The molecule has 0 saturated carbocycles. The number of unbranched alkanes of at least 4 members (excludes halogenated alkanes) is 11. The summed E-state index contributed by atoms with van der Waals surface area (Å²) in [6, 6.07) is 6.61. The molecule has 0 aliphatic heterocycles. The highest BCUT2D eigenvalue weighted by Gasteiger charge is 2.14. The van der Waals surface area contributed by atoms with Crippen LogP contribution in [0.5, 0.6) is 0 Å². The van der Waals surface area contributed by atoms with E-state index in [1.165, 1.54) is 57.8 Å². The number of esters is 2. The van der Waals surface area contributed by atoms with Crippen LogP contribution in [0.4, 0.5) is 5.69 Å². The van der Waals surface area contributed by atoms with Crippen molar-refractivity contribution in [2.75, 3.05) is 5.73 Å². The minimum atomic E-state index is -0.666. The molecule has 0 aliphatic rings. The van der Waals surface area contributed by atoms with Crippen molar-refractivity contribution in [2.24, 2.45) is 0 Å². The maximum atomic E-state index is 11.9. The van der Waals surface area contributed by atoms with E-state index in [0.717, 1.165) is 25.7 Å². The van der Waals surface area contributed by atoms with Crippen molar-refractivity contribution in [3.63, 3.8) is 0 Å². The Kier molecular flexibility index (Phi) is 14.5. The van der Waals surface area contributed by atoms with Crippen LogP contribution in [-0.2, 0) is 9.53 Å². The van der Waals surface area contributed by atoms with E-state index in [1.54, 1.807) is 24.3 Å². The third-order valence-corrected chi connectivity index (χ3v) is 5.03. The first kappa shape index (κ1) is 24.9. The van der Waals surface area contributed by atoms with Crippen LogP contribution >= 0.6 is 0 Å². The van der Waals surface area contributed by atoms with Crippen LogP contribution in [-0.4, -0.2) is 11.9 Å². The van der Waals surface area contributed by atoms with Gasteiger partial charge >= 0.3 is 11.9 Å². The Hall–Kier alpha value is -2.10. The number of anilines is 1. The van der Waals surface area contributed by atoms with Crippen LogP contribution in [0.2, 0.25) is 0 Å². The molecule has 2 N–H and O–H groups in total. The van der Waals surface area contributed by atoms with Gasteiger partial charge in [0.25, 0.3) is 0 Å². The molecular formula is C25H39NO3. The number of hydrogen-bond acceptors (Lipinski definition) is 4. The number of nitrogens with two attached hydrogens (primary N) is 1. The molecule has 0 aliphatic carbocycles. The number of carbonyl (C=O) groups excluding carboxylic acids is 2. The van der Waals surface area contributed by atoms with E-state index in [9.17, 15) is 9.59 Å². The van der Waals surface area contributed by atoms with Gasteiger partial charge in [0.05, 0.1) is 5.56 Å². The third kappa shape index (κ3) is 12.9. The topological polar surface area (TPSA) is 69.4 Å². The Labute approximate surface area is 176 Å². The lowest BCUT2D eigenvalue weighted by molar-refractivity contribution is -0.138. The van der Waals surface area contributed by atoms with Crippen molar-refractivity contribution < 1.29 is 14.3 Å². The van der Waals surface area contributed by atoms with Crippen LogP contribution in [0.1, 0.15) is 107 Å². The zero-order chi connectivity index (χ0) is 21.2. The molecule has 29 heavy (non-hydrogen) atoms. The average molecular weight is 402 g/mol. The zero-order valence-corrected chi connectivity index (χ0v) is 18.2. The number of allylic oxidation sites excluding steroid dienone is 2. The molecule has 0 bridgehead atoms. The molecule has 0 fully saturated rings. The highest BCUT2D eigenvalue weighted by atomic mass is 16.6. The Morgan fingerprint density at radius 3 is 2.00 bits per heavy atom. The number of hydrogen-bond donors (Lipinski definition) is 1. The lowest BCUT2D eigenvalue weighted by Gasteiger charge is -2.05. The fourth-order valence-electron chi connectivity index (χ4n) is 3.23. The first-order chi connectivity index (χ1) is 14.1. The standard InChI is InChI=1S/C25H39NO3/c1-2-3-4-5-6-7-8-9-10-11-12-13-14-15-16-21-24(27)29-25(28)22-19-17-18-20-23(22)26/h9-10,17-20H,2-8,11-16,21,26H2,1H3. The highest BCUT2D eigenvalue weighted by Crippen LogP contribution is 2.13. The minimum absolute atomic E-state index is 0.241. The van der Waals surface area contributed by atoms with Crippen molar-refractivity contribution in [1.82, 2.24) is 0 Å². The summed E-state index contributed by atoms with van der Waals surface area (Å²) in [4.78, 5) is 23.7. The number of nitrogen functional groups attached to an aromatic ring is 1. The fourth-order valence-corrected chi connectivity index (χ4v) is 3.23. The van der Waals surface area contributed by atoms with Crippen molar-refractivity contribution >= 4 is 17.6 Å². The second-order valence-electron chi connectivity index (χ2n) is 7.68. The van der Waals surface area contributed by atoms with Crippen molar-refractivity contribution in [3.8, 4) is 0 Å². The third-order valence-electron chi connectivity index (χ3n) is 5.03. The lowest BCUT2D eigenvalue weighted by atomic mass is 10.1. The first-order valence-corrected chi connectivity index (χ1v) is 11.4. The summed E-state index contributed by atoms with van der Waals surface area (Å²) in [6.07, 6.45) is 20.6. The van der Waals surface area contributed by atoms with E-state index in [0.29, 0.717) is 5.69 Å². The highest BCUT2D eigenvalue weighted by molar-refractivity contribution is 6.00. The summed E-state index contributed by atoms with van der Waals surface area (Å²) in [5.74, 6) is -1.14. The number of benzene rings is 1. The summed E-state index contributed by atoms with van der Waals surface area (Å²) in [5, 5.41) is 0. The smallest absolute Gasteiger partial charge is 0.347 e. The van der Waals surface area contributed by atoms with Crippen LogP contribution in [0.3, 0.4) is 0 Å². The van der Waals surface area contributed by atoms with Crippen LogP contribution in [0, 0.1) is 0 Å². The lowest BCUT2D eigenvalue weighted by Crippen LogP contribution is -2.13. The summed E-state index contributed by atoms with van der Waals surface area (Å²) in [6.45, 7) is 2.25. The van der Waals surface area contributed by atoms with Crippen LogP contribution in [0.25, 0.3) is 0 Å². The molecule has 0 atom stereocenters. The Morgan fingerprint density at radius 2 is 1.38 bits per heavy atom. The van der Waals surface area contributed by atoms with Gasteiger partial charge in [-0.05, 0) is 44.2 Å². The van der Waals surface area contributed by atoms with E-state index in [4.69, 9.17) is 10.5 Å². The summed E-state index contributed by atoms with van der Waals surface area (Å²) in [7, 11) is 0. The molecule has 162 valence electrons. The molecule has 0 radical (unpaired) electrons. The van der Waals surface area contributed by atoms with Gasteiger partial charge in [0.2, 0.25) is 0 Å². The molecule has 1 aromatic carbocycles. The molecule has 0 aromatic heterocycles. The van der Waals surface area contributed by atoms with Crippen LogP contribution < -0.4 is 5.73 Å². The molecule has 1 aromatic rings. The molecular weight excluding hydrogens is 362 g/mol. The van der Waals surface area contributed by atoms with E-state index in [1.807, 2.05) is 0 Å². The fraction of sp³-hybridized carbons (Fsp3) is 0.600. The largest absolute Gasteiger partial charge is 0.398 e. The molecule has 4 nitrogen and oxygen atoms in total. The minimum Gasteiger partial charge on any atom is -0.398 e. The molecule has 0 heterocycles. The van der Waals surface area contributed by atoms with Gasteiger partial charge in [-0.3, -0.25) is 4.79 Å². The molecule has 0 unspecified atom stereocenters. The van der Waals surface area contributed by atoms with Crippen molar-refractivity contribution in [2.45, 2.75) is 96.8 Å². The van der Waals surface area contributed by atoms with Gasteiger partial charge in [0, 0.05) is 12.1 Å². The predicted octanol–water partition coefficient (Wildman–Crippen LogP) is 6.99. The van der Waals surface area contributed by atoms with Gasteiger partial charge in [-0.2, -0.15) is 0 Å². The Morgan fingerprint density at radius 1 is 0.828 bits per heavy atom. The quantitative estimate of drug-likeness (QED) is 0.106. The molecule has 4 heteroatoms. The van der Waals surface area contributed by atoms with Crippen molar-refractivity contribution in [3.05, 3.63) is 42.0 Å². The number of carbonyl (C=O) groups is 2. The van der Waals surface area contributed by atoms with Gasteiger partial charge in [0.15, 0.2) is 0 Å². The summed E-state index contributed by atoms with van der Waals surface area (Å²) >= 11 is 0. The van der Waals surface area contributed by atoms with Gasteiger partial charge in [-0.15, -0.1) is 0 Å². The van der Waals surface area contributed by atoms with E-state index in [-0.39, 0.29) is 12.0 Å². The second-order valence-corrected chi connectivity index (χ2v) is 7.68. The second kappa shape index (κ2) is 16.8. The monoisotopic (exact) mass is 401 g/mol. The molecule has 0 spiro atoms. The van der Waals surface area contributed by atoms with E-state index >= 15 is 0 Å². The van der Waals surface area contributed by atoms with Crippen LogP contribution in [0.15, 0.2) is 36.4 Å².